The van der Waals surface area contributed by atoms with Crippen molar-refractivity contribution in [2.24, 2.45) is 5.73 Å². The molecular weight excluding hydrogens is 202 g/mol. The monoisotopic (exact) mass is 213 g/mol. The van der Waals surface area contributed by atoms with Crippen molar-refractivity contribution in [3.63, 3.8) is 0 Å². The SMILES string of the molecule is COC(=O)[C@@](C)(N)c1cccc(Cl)c1. The standard InChI is InChI=1S/C10H12ClNO2/c1-10(12,9(13)14-2)7-4-3-5-8(11)6-7/h3-6H,12H2,1-2H3/t10-/m0/s1. The molecule has 1 aromatic rings. The predicted octanol–water partition coefficient (Wildman–Crippen LogP) is 1.69. The van der Waals surface area contributed by atoms with Gasteiger partial charge in [-0.15, -0.1) is 0 Å². The molecular formula is C10H12ClNO2. The van der Waals surface area contributed by atoms with Crippen LogP contribution in [0.25, 0.3) is 0 Å². The minimum atomic E-state index is -1.15. The van der Waals surface area contributed by atoms with E-state index in [1.165, 1.54) is 7.11 Å². The van der Waals surface area contributed by atoms with E-state index in [1.54, 1.807) is 31.2 Å². The summed E-state index contributed by atoms with van der Waals surface area (Å²) in [5, 5.41) is 0.545. The van der Waals surface area contributed by atoms with Crippen molar-refractivity contribution in [1.29, 1.82) is 0 Å². The molecule has 0 aliphatic rings. The van der Waals surface area contributed by atoms with Crippen LogP contribution in [0.4, 0.5) is 0 Å². The van der Waals surface area contributed by atoms with Gasteiger partial charge in [0.2, 0.25) is 0 Å². The molecule has 0 fully saturated rings. The number of nitrogens with two attached hydrogens (primary N) is 1. The quantitative estimate of drug-likeness (QED) is 0.761. The van der Waals surface area contributed by atoms with Gasteiger partial charge in [-0.1, -0.05) is 23.7 Å². The molecule has 0 aliphatic heterocycles. The molecule has 0 saturated carbocycles. The van der Waals surface area contributed by atoms with Gasteiger partial charge in [-0.2, -0.15) is 0 Å². The lowest BCUT2D eigenvalue weighted by Crippen LogP contribution is -2.42. The van der Waals surface area contributed by atoms with Crippen molar-refractivity contribution in [3.05, 3.63) is 34.9 Å². The minimum absolute atomic E-state index is 0.486. The lowest BCUT2D eigenvalue weighted by Gasteiger charge is -2.21. The molecule has 0 unspecified atom stereocenters. The molecule has 3 nitrogen and oxygen atoms in total. The fraction of sp³-hybridized carbons (Fsp3) is 0.300. The highest BCUT2D eigenvalue weighted by Gasteiger charge is 2.31. The Morgan fingerprint density at radius 3 is 2.71 bits per heavy atom. The molecule has 76 valence electrons. The Morgan fingerprint density at radius 1 is 1.57 bits per heavy atom. The Bertz CT molecular complexity index is 350. The molecule has 0 radical (unpaired) electrons. The topological polar surface area (TPSA) is 52.3 Å². The van der Waals surface area contributed by atoms with E-state index in [2.05, 4.69) is 4.74 Å². The number of carbonyl (C=O) groups is 1. The highest BCUT2D eigenvalue weighted by Crippen LogP contribution is 2.22. The van der Waals surface area contributed by atoms with Crippen molar-refractivity contribution in [3.8, 4) is 0 Å². The number of halogens is 1. The molecule has 0 aromatic heterocycles. The van der Waals surface area contributed by atoms with Crippen LogP contribution in [0.3, 0.4) is 0 Å². The van der Waals surface area contributed by atoms with Crippen molar-refractivity contribution in [1.82, 2.24) is 0 Å². The summed E-state index contributed by atoms with van der Waals surface area (Å²) < 4.78 is 4.60. The first kappa shape index (κ1) is 11.0. The maximum absolute atomic E-state index is 11.4. The van der Waals surface area contributed by atoms with Crippen LogP contribution in [0, 0.1) is 0 Å². The first-order valence-corrected chi connectivity index (χ1v) is 4.49. The van der Waals surface area contributed by atoms with E-state index in [0.717, 1.165) is 0 Å². The van der Waals surface area contributed by atoms with E-state index >= 15 is 0 Å². The Labute approximate surface area is 87.8 Å². The number of esters is 1. The lowest BCUT2D eigenvalue weighted by molar-refractivity contribution is -0.146. The zero-order valence-corrected chi connectivity index (χ0v) is 8.84. The van der Waals surface area contributed by atoms with Gasteiger partial charge in [-0.05, 0) is 24.6 Å². The molecule has 1 aromatic carbocycles. The van der Waals surface area contributed by atoms with Gasteiger partial charge in [0.1, 0.15) is 5.54 Å². The molecule has 14 heavy (non-hydrogen) atoms. The van der Waals surface area contributed by atoms with Crippen LogP contribution in [0.5, 0.6) is 0 Å². The molecule has 0 heterocycles. The number of methoxy groups -OCH3 is 1. The van der Waals surface area contributed by atoms with Crippen LogP contribution in [-0.4, -0.2) is 13.1 Å². The predicted molar refractivity (Wildman–Crippen MR) is 55.0 cm³/mol. The Balaban J connectivity index is 3.09. The fourth-order valence-corrected chi connectivity index (χ4v) is 1.33. The average Bonchev–Trinajstić information content (AvgIpc) is 2.16. The highest BCUT2D eigenvalue weighted by molar-refractivity contribution is 6.30. The van der Waals surface area contributed by atoms with Crippen LogP contribution >= 0.6 is 11.6 Å². The minimum Gasteiger partial charge on any atom is -0.467 e. The molecule has 2 N–H and O–H groups in total. The molecule has 1 rings (SSSR count). The summed E-state index contributed by atoms with van der Waals surface area (Å²) in [6.45, 7) is 1.59. The molecule has 0 saturated heterocycles. The van der Waals surface area contributed by atoms with Gasteiger partial charge in [0.05, 0.1) is 7.11 Å². The summed E-state index contributed by atoms with van der Waals surface area (Å²) in [6.07, 6.45) is 0. The summed E-state index contributed by atoms with van der Waals surface area (Å²) >= 11 is 5.79. The average molecular weight is 214 g/mol. The number of ether oxygens (including phenoxy) is 1. The van der Waals surface area contributed by atoms with Crippen molar-refractivity contribution in [2.75, 3.05) is 7.11 Å². The third-order valence-corrected chi connectivity index (χ3v) is 2.27. The third kappa shape index (κ3) is 2.05. The maximum atomic E-state index is 11.4. The zero-order valence-electron chi connectivity index (χ0n) is 8.08. The normalized spacial score (nSPS) is 14.6. The lowest BCUT2D eigenvalue weighted by atomic mass is 9.93. The second-order valence-electron chi connectivity index (χ2n) is 3.20. The summed E-state index contributed by atoms with van der Waals surface area (Å²) in [7, 11) is 1.30. The number of benzene rings is 1. The highest BCUT2D eigenvalue weighted by atomic mass is 35.5. The van der Waals surface area contributed by atoms with E-state index in [-0.39, 0.29) is 0 Å². The smallest absolute Gasteiger partial charge is 0.330 e. The number of rotatable bonds is 2. The fourth-order valence-electron chi connectivity index (χ4n) is 1.14. The van der Waals surface area contributed by atoms with Gasteiger partial charge < -0.3 is 10.5 Å². The summed E-state index contributed by atoms with van der Waals surface area (Å²) in [6, 6.07) is 6.85. The Morgan fingerprint density at radius 2 is 2.21 bits per heavy atom. The molecule has 4 heteroatoms. The van der Waals surface area contributed by atoms with Crippen molar-refractivity contribution in [2.45, 2.75) is 12.5 Å². The molecule has 1 atom stereocenters. The number of hydrogen-bond donors (Lipinski definition) is 1. The van der Waals surface area contributed by atoms with Gasteiger partial charge in [-0.3, -0.25) is 0 Å². The van der Waals surface area contributed by atoms with E-state index in [9.17, 15) is 4.79 Å². The van der Waals surface area contributed by atoms with Crippen molar-refractivity contribution < 1.29 is 9.53 Å². The molecule has 0 amide bonds. The van der Waals surface area contributed by atoms with Gasteiger partial charge in [0.25, 0.3) is 0 Å². The van der Waals surface area contributed by atoms with Crippen LogP contribution in [0.15, 0.2) is 24.3 Å². The number of carbonyl (C=O) groups excluding carboxylic acids is 1. The van der Waals surface area contributed by atoms with E-state index < -0.39 is 11.5 Å². The van der Waals surface area contributed by atoms with E-state index in [0.29, 0.717) is 10.6 Å². The van der Waals surface area contributed by atoms with Gasteiger partial charge in [-0.25, -0.2) is 4.79 Å². The second-order valence-corrected chi connectivity index (χ2v) is 3.64. The van der Waals surface area contributed by atoms with E-state index in [1.807, 2.05) is 0 Å². The van der Waals surface area contributed by atoms with Gasteiger partial charge in [0.15, 0.2) is 0 Å². The van der Waals surface area contributed by atoms with Crippen LogP contribution < -0.4 is 5.73 Å². The summed E-state index contributed by atoms with van der Waals surface area (Å²) in [4.78, 5) is 11.4. The van der Waals surface area contributed by atoms with Gasteiger partial charge in [0, 0.05) is 5.02 Å². The van der Waals surface area contributed by atoms with Crippen molar-refractivity contribution >= 4 is 17.6 Å². The van der Waals surface area contributed by atoms with E-state index in [4.69, 9.17) is 17.3 Å². The molecule has 0 spiro atoms. The van der Waals surface area contributed by atoms with Crippen LogP contribution in [-0.2, 0) is 15.1 Å². The third-order valence-electron chi connectivity index (χ3n) is 2.03. The Hall–Kier alpha value is -1.06. The van der Waals surface area contributed by atoms with Crippen LogP contribution in [0.2, 0.25) is 5.02 Å². The first-order valence-electron chi connectivity index (χ1n) is 4.12. The second kappa shape index (κ2) is 3.98. The zero-order chi connectivity index (χ0) is 10.8. The number of hydrogen-bond acceptors (Lipinski definition) is 3. The van der Waals surface area contributed by atoms with Gasteiger partial charge >= 0.3 is 5.97 Å². The summed E-state index contributed by atoms with van der Waals surface area (Å²) in [5.74, 6) is -0.486. The largest absolute Gasteiger partial charge is 0.467 e. The first-order chi connectivity index (χ1) is 6.48. The maximum Gasteiger partial charge on any atom is 0.330 e. The van der Waals surface area contributed by atoms with Crippen LogP contribution in [0.1, 0.15) is 12.5 Å². The Kier molecular flexibility index (Phi) is 3.13. The molecule has 0 bridgehead atoms. The summed E-state index contributed by atoms with van der Waals surface area (Å²) in [5.41, 5.74) is 5.31. The molecule has 0 aliphatic carbocycles.